The van der Waals surface area contributed by atoms with Gasteiger partial charge in [-0.2, -0.15) is 24.9 Å². The van der Waals surface area contributed by atoms with E-state index in [2.05, 4.69) is 13.5 Å². The standard InChI is InChI=1S/C25H36F3NO2S/c1-16-14-17-19(23(2)10-4-3-6-18(16)23)9-11-24(20(17)7-8-21(24)30)15-32-13-5-12-29-22(31)25(26,27)28/h17-20H,1,3-15H2,2H3,(H,29,31)/t17-,18?,19+,20+,23+,24-/m1/s1. The summed E-state index contributed by atoms with van der Waals surface area (Å²) in [7, 11) is 0. The van der Waals surface area contributed by atoms with Crippen molar-refractivity contribution in [1.29, 1.82) is 0 Å². The summed E-state index contributed by atoms with van der Waals surface area (Å²) in [4.78, 5) is 24.1. The molecule has 0 heterocycles. The van der Waals surface area contributed by atoms with Crippen LogP contribution in [0.1, 0.15) is 71.1 Å². The molecule has 0 aliphatic heterocycles. The van der Waals surface area contributed by atoms with Crippen LogP contribution in [0.3, 0.4) is 0 Å². The minimum Gasteiger partial charge on any atom is -0.348 e. The van der Waals surface area contributed by atoms with Crippen LogP contribution in [0.15, 0.2) is 12.2 Å². The van der Waals surface area contributed by atoms with Crippen molar-refractivity contribution in [2.24, 2.45) is 34.5 Å². The fourth-order valence-electron chi connectivity index (χ4n) is 7.89. The van der Waals surface area contributed by atoms with E-state index in [1.807, 2.05) is 5.32 Å². The highest BCUT2D eigenvalue weighted by molar-refractivity contribution is 7.99. The van der Waals surface area contributed by atoms with Crippen LogP contribution in [0.4, 0.5) is 13.2 Å². The van der Waals surface area contributed by atoms with E-state index in [0.717, 1.165) is 31.4 Å². The van der Waals surface area contributed by atoms with Crippen molar-refractivity contribution in [3.63, 3.8) is 0 Å². The largest absolute Gasteiger partial charge is 0.471 e. The quantitative estimate of drug-likeness (QED) is 0.385. The van der Waals surface area contributed by atoms with Gasteiger partial charge in [0, 0.05) is 24.1 Å². The molecular formula is C25H36F3NO2S. The molecule has 0 radical (unpaired) electrons. The number of hydrogen-bond acceptors (Lipinski definition) is 3. The van der Waals surface area contributed by atoms with Crippen LogP contribution in [-0.4, -0.2) is 35.9 Å². The topological polar surface area (TPSA) is 46.2 Å². The molecule has 4 aliphatic rings. The molecule has 6 atom stereocenters. The fraction of sp³-hybridized carbons (Fsp3) is 0.840. The lowest BCUT2D eigenvalue weighted by Gasteiger charge is -2.60. The molecule has 0 bridgehead atoms. The van der Waals surface area contributed by atoms with Crippen molar-refractivity contribution < 1.29 is 22.8 Å². The average molecular weight is 472 g/mol. The van der Waals surface area contributed by atoms with Crippen molar-refractivity contribution in [2.45, 2.75) is 77.3 Å². The summed E-state index contributed by atoms with van der Waals surface area (Å²) in [6.45, 7) is 7.02. The second-order valence-electron chi connectivity index (χ2n) is 10.9. The first kappa shape index (κ1) is 24.2. The number of carbonyl (C=O) groups is 2. The number of hydrogen-bond donors (Lipinski definition) is 1. The molecule has 4 aliphatic carbocycles. The van der Waals surface area contributed by atoms with Crippen LogP contribution in [0.5, 0.6) is 0 Å². The van der Waals surface area contributed by atoms with Crippen LogP contribution in [0.2, 0.25) is 0 Å². The Morgan fingerprint density at radius 1 is 1.19 bits per heavy atom. The zero-order chi connectivity index (χ0) is 23.1. The van der Waals surface area contributed by atoms with Crippen LogP contribution in [0.25, 0.3) is 0 Å². The van der Waals surface area contributed by atoms with Crippen LogP contribution >= 0.6 is 11.8 Å². The Kier molecular flexibility index (Phi) is 6.79. The smallest absolute Gasteiger partial charge is 0.348 e. The van der Waals surface area contributed by atoms with E-state index in [-0.39, 0.29) is 12.0 Å². The van der Waals surface area contributed by atoms with Gasteiger partial charge in [0.1, 0.15) is 5.78 Å². The molecule has 4 saturated carbocycles. The number of nitrogens with one attached hydrogen (secondary N) is 1. The van der Waals surface area contributed by atoms with Gasteiger partial charge in [-0.05, 0) is 79.8 Å². The molecule has 3 nitrogen and oxygen atoms in total. The van der Waals surface area contributed by atoms with Crippen LogP contribution in [-0.2, 0) is 9.59 Å². The summed E-state index contributed by atoms with van der Waals surface area (Å²) in [6.07, 6.45) is 5.62. The molecule has 32 heavy (non-hydrogen) atoms. The molecule has 0 aromatic rings. The van der Waals surface area contributed by atoms with Crippen molar-refractivity contribution >= 4 is 23.5 Å². The second-order valence-corrected chi connectivity index (χ2v) is 12.0. The summed E-state index contributed by atoms with van der Waals surface area (Å²) in [5, 5.41) is 1.93. The number of allylic oxidation sites excluding steroid dienone is 1. The molecule has 180 valence electrons. The van der Waals surface area contributed by atoms with Gasteiger partial charge in [-0.1, -0.05) is 31.9 Å². The Balaban J connectivity index is 1.37. The molecule has 0 saturated heterocycles. The monoisotopic (exact) mass is 471 g/mol. The highest BCUT2D eigenvalue weighted by Gasteiger charge is 2.61. The Hall–Kier alpha value is -0.980. The number of alkyl halides is 3. The van der Waals surface area contributed by atoms with Crippen molar-refractivity contribution in [3.8, 4) is 0 Å². The first-order valence-electron chi connectivity index (χ1n) is 12.2. The molecule has 0 aromatic carbocycles. The Morgan fingerprint density at radius 3 is 2.72 bits per heavy atom. The lowest BCUT2D eigenvalue weighted by Crippen LogP contribution is -2.54. The maximum absolute atomic E-state index is 13.2. The highest BCUT2D eigenvalue weighted by atomic mass is 32.2. The number of thioether (sulfide) groups is 1. The number of carbonyl (C=O) groups excluding carboxylic acids is 2. The average Bonchev–Trinajstić information content (AvgIpc) is 3.06. The van der Waals surface area contributed by atoms with Gasteiger partial charge in [0.2, 0.25) is 0 Å². The third-order valence-electron chi connectivity index (χ3n) is 9.34. The van der Waals surface area contributed by atoms with Crippen LogP contribution in [0, 0.1) is 34.5 Å². The third-order valence-corrected chi connectivity index (χ3v) is 10.6. The zero-order valence-electron chi connectivity index (χ0n) is 19.1. The molecule has 1 N–H and O–H groups in total. The summed E-state index contributed by atoms with van der Waals surface area (Å²) in [5.74, 6) is 2.24. The maximum Gasteiger partial charge on any atom is 0.471 e. The fourth-order valence-corrected chi connectivity index (χ4v) is 9.26. The van der Waals surface area contributed by atoms with Gasteiger partial charge >= 0.3 is 12.1 Å². The Bertz CT molecular complexity index is 769. The number of rotatable bonds is 6. The summed E-state index contributed by atoms with van der Waals surface area (Å²) in [6, 6.07) is 0. The SMILES string of the molecule is C=C1C[C@H]2[C@@H]3CCC(=O)[C@@]3(CSCCCNC(=O)C(F)(F)F)CC[C@@H]2[C@@]2(C)CCCCC12. The number of halogens is 3. The maximum atomic E-state index is 13.2. The number of fused-ring (bicyclic) bond motifs is 5. The highest BCUT2D eigenvalue weighted by Crippen LogP contribution is 2.66. The van der Waals surface area contributed by atoms with E-state index in [1.165, 1.54) is 31.3 Å². The summed E-state index contributed by atoms with van der Waals surface area (Å²) in [5.41, 5.74) is 1.48. The van der Waals surface area contributed by atoms with E-state index in [4.69, 9.17) is 0 Å². The van der Waals surface area contributed by atoms with Gasteiger partial charge in [-0.25, -0.2) is 0 Å². The predicted molar refractivity (Wildman–Crippen MR) is 121 cm³/mol. The lowest BCUT2D eigenvalue weighted by molar-refractivity contribution is -0.173. The van der Waals surface area contributed by atoms with Crippen LogP contribution < -0.4 is 5.32 Å². The first-order chi connectivity index (χ1) is 15.1. The third kappa shape index (κ3) is 4.16. The molecule has 4 rings (SSSR count). The van der Waals surface area contributed by atoms with Crippen molar-refractivity contribution in [1.82, 2.24) is 5.32 Å². The minimum atomic E-state index is -4.83. The Morgan fingerprint density at radius 2 is 1.97 bits per heavy atom. The molecule has 4 fully saturated rings. The second kappa shape index (κ2) is 8.99. The van der Waals surface area contributed by atoms with Gasteiger partial charge < -0.3 is 5.32 Å². The Labute approximate surface area is 193 Å². The molecule has 0 aromatic heterocycles. The predicted octanol–water partition coefficient (Wildman–Crippen LogP) is 5.94. The normalized spacial score (nSPS) is 39.2. The van der Waals surface area contributed by atoms with E-state index in [9.17, 15) is 22.8 Å². The van der Waals surface area contributed by atoms with Gasteiger partial charge in [0.05, 0.1) is 0 Å². The molecular weight excluding hydrogens is 435 g/mol. The molecule has 0 spiro atoms. The minimum absolute atomic E-state index is 0.0139. The van der Waals surface area contributed by atoms with Gasteiger partial charge in [0.15, 0.2) is 0 Å². The van der Waals surface area contributed by atoms with E-state index < -0.39 is 12.1 Å². The first-order valence-corrected chi connectivity index (χ1v) is 13.4. The van der Waals surface area contributed by atoms with Crippen molar-refractivity contribution in [3.05, 3.63) is 12.2 Å². The van der Waals surface area contributed by atoms with Gasteiger partial charge in [-0.15, -0.1) is 0 Å². The van der Waals surface area contributed by atoms with Gasteiger partial charge in [0.25, 0.3) is 0 Å². The van der Waals surface area contributed by atoms with E-state index >= 15 is 0 Å². The lowest BCUT2D eigenvalue weighted by atomic mass is 9.44. The zero-order valence-corrected chi connectivity index (χ0v) is 19.9. The number of ketones is 1. The summed E-state index contributed by atoms with van der Waals surface area (Å²) < 4.78 is 36.9. The van der Waals surface area contributed by atoms with Crippen molar-refractivity contribution in [2.75, 3.05) is 18.1 Å². The number of amides is 1. The molecule has 7 heteroatoms. The molecule has 1 unspecified atom stereocenters. The van der Waals surface area contributed by atoms with E-state index in [0.29, 0.717) is 53.5 Å². The number of Topliss-reactive ketones (excluding diaryl/α,β-unsaturated/α-hetero) is 1. The summed E-state index contributed by atoms with van der Waals surface area (Å²) >= 11 is 1.68. The van der Waals surface area contributed by atoms with Gasteiger partial charge in [-0.3, -0.25) is 9.59 Å². The van der Waals surface area contributed by atoms with E-state index in [1.54, 1.807) is 11.8 Å². The molecule has 1 amide bonds.